The molecule has 0 saturated heterocycles. The average molecular weight is 340 g/mol. The molecule has 0 unspecified atom stereocenters. The van der Waals surface area contributed by atoms with E-state index >= 15 is 0 Å². The first kappa shape index (κ1) is 16.6. The number of nitrogens with zero attached hydrogens (tertiary/aromatic N) is 1. The Bertz CT molecular complexity index is 717. The second kappa shape index (κ2) is 6.33. The molecule has 0 atom stereocenters. The number of carbonyl (C=O) groups is 1. The van der Waals surface area contributed by atoms with Crippen molar-refractivity contribution in [2.24, 2.45) is 0 Å². The van der Waals surface area contributed by atoms with Crippen molar-refractivity contribution in [3.63, 3.8) is 0 Å². The van der Waals surface area contributed by atoms with E-state index in [-0.39, 0.29) is 5.13 Å². The summed E-state index contributed by atoms with van der Waals surface area (Å²) in [7, 11) is -7.18. The first-order chi connectivity index (χ1) is 9.07. The van der Waals surface area contributed by atoms with Crippen LogP contribution in [0.2, 0.25) is 0 Å². The molecular formula is C9H12N2O6S3. The molecular weight excluding hydrogens is 328 g/mol. The summed E-state index contributed by atoms with van der Waals surface area (Å²) >= 11 is 0.934. The lowest BCUT2D eigenvalue weighted by molar-refractivity contribution is -0.131. The molecule has 112 valence electrons. The molecule has 0 spiro atoms. The summed E-state index contributed by atoms with van der Waals surface area (Å²) in [4.78, 5) is 14.5. The molecule has 11 heteroatoms. The van der Waals surface area contributed by atoms with Crippen LogP contribution in [0, 0.1) is 0 Å². The van der Waals surface area contributed by atoms with Crippen LogP contribution in [0.3, 0.4) is 0 Å². The van der Waals surface area contributed by atoms with Crippen molar-refractivity contribution in [2.75, 3.05) is 22.5 Å². The predicted molar refractivity (Wildman–Crippen MR) is 75.9 cm³/mol. The van der Waals surface area contributed by atoms with Crippen molar-refractivity contribution in [1.29, 1.82) is 0 Å². The Balaban J connectivity index is 2.71. The molecule has 1 aromatic rings. The normalized spacial score (nSPS) is 12.7. The largest absolute Gasteiger partial charge is 0.478 e. The number of carboxylic acid groups (broad SMARTS) is 1. The number of sulfonamides is 1. The average Bonchev–Trinajstić information content (AvgIpc) is 2.70. The van der Waals surface area contributed by atoms with E-state index in [0.29, 0.717) is 4.88 Å². The highest BCUT2D eigenvalue weighted by molar-refractivity contribution is 7.95. The first-order valence-corrected chi connectivity index (χ1v) is 9.65. The number of aliphatic carboxylic acids is 1. The van der Waals surface area contributed by atoms with Crippen molar-refractivity contribution in [2.45, 2.75) is 0 Å². The second-order valence-electron chi connectivity index (χ2n) is 3.79. The second-order valence-corrected chi connectivity index (χ2v) is 8.95. The van der Waals surface area contributed by atoms with Gasteiger partial charge >= 0.3 is 5.97 Å². The van der Waals surface area contributed by atoms with Crippen LogP contribution in [0.4, 0.5) is 5.13 Å². The van der Waals surface area contributed by atoms with Crippen LogP contribution in [0.15, 0.2) is 12.3 Å². The summed E-state index contributed by atoms with van der Waals surface area (Å²) < 4.78 is 47.2. The van der Waals surface area contributed by atoms with Crippen LogP contribution >= 0.6 is 11.3 Å². The Morgan fingerprint density at radius 1 is 1.40 bits per heavy atom. The van der Waals surface area contributed by atoms with Crippen molar-refractivity contribution < 1.29 is 26.7 Å². The maximum absolute atomic E-state index is 11.6. The van der Waals surface area contributed by atoms with E-state index in [9.17, 15) is 21.6 Å². The molecule has 0 aliphatic rings. The molecule has 1 rings (SSSR count). The lowest BCUT2D eigenvalue weighted by Gasteiger charge is -2.03. The third-order valence-electron chi connectivity index (χ3n) is 1.88. The van der Waals surface area contributed by atoms with Gasteiger partial charge in [0.25, 0.3) is 0 Å². The fourth-order valence-corrected chi connectivity index (χ4v) is 4.64. The standard InChI is InChI=1S/C9H12N2O6S3/c1-19(14,15)4-5-20(16,17)11-9-10-6-7(18-9)2-3-8(12)13/h2-3,6H,4-5H2,1H3,(H,10,11)(H,12,13). The zero-order valence-corrected chi connectivity index (χ0v) is 12.8. The van der Waals surface area contributed by atoms with Crippen LogP contribution < -0.4 is 4.72 Å². The fraction of sp³-hybridized carbons (Fsp3) is 0.333. The van der Waals surface area contributed by atoms with Gasteiger partial charge in [-0.05, 0) is 6.08 Å². The molecule has 0 saturated carbocycles. The molecule has 0 radical (unpaired) electrons. The fourth-order valence-electron chi connectivity index (χ4n) is 1.01. The molecule has 0 aliphatic carbocycles. The van der Waals surface area contributed by atoms with Crippen LogP contribution in [-0.4, -0.2) is 50.7 Å². The minimum absolute atomic E-state index is 0.0449. The van der Waals surface area contributed by atoms with Gasteiger partial charge in [0, 0.05) is 23.4 Å². The molecule has 0 aliphatic heterocycles. The molecule has 0 bridgehead atoms. The maximum atomic E-state index is 11.6. The minimum atomic E-state index is -3.81. The number of hydrogen-bond acceptors (Lipinski definition) is 7. The summed E-state index contributed by atoms with van der Waals surface area (Å²) in [5, 5.41) is 8.49. The highest BCUT2D eigenvalue weighted by atomic mass is 32.2. The maximum Gasteiger partial charge on any atom is 0.328 e. The van der Waals surface area contributed by atoms with E-state index in [1.54, 1.807) is 0 Å². The SMILES string of the molecule is CS(=O)(=O)CCS(=O)(=O)Nc1ncc(C=CC(=O)O)s1. The van der Waals surface area contributed by atoms with Gasteiger partial charge in [0.05, 0.1) is 11.5 Å². The van der Waals surface area contributed by atoms with Crippen LogP contribution in [0.25, 0.3) is 6.08 Å². The molecule has 0 aromatic carbocycles. The molecule has 0 fully saturated rings. The van der Waals surface area contributed by atoms with Crippen molar-refractivity contribution >= 4 is 48.4 Å². The van der Waals surface area contributed by atoms with Gasteiger partial charge in [-0.15, -0.1) is 0 Å². The number of aromatic nitrogens is 1. The van der Waals surface area contributed by atoms with Crippen molar-refractivity contribution in [3.05, 3.63) is 17.2 Å². The minimum Gasteiger partial charge on any atom is -0.478 e. The highest BCUT2D eigenvalue weighted by Gasteiger charge is 2.16. The van der Waals surface area contributed by atoms with Crippen LogP contribution in [0.5, 0.6) is 0 Å². The van der Waals surface area contributed by atoms with Crippen molar-refractivity contribution in [3.8, 4) is 0 Å². The lowest BCUT2D eigenvalue weighted by atomic mass is 10.4. The Hall–Kier alpha value is -1.46. The molecule has 2 N–H and O–H groups in total. The molecule has 8 nitrogen and oxygen atoms in total. The lowest BCUT2D eigenvalue weighted by Crippen LogP contribution is -2.22. The Kier molecular flexibility index (Phi) is 5.25. The smallest absolute Gasteiger partial charge is 0.328 e. The summed E-state index contributed by atoms with van der Waals surface area (Å²) in [6.07, 6.45) is 4.42. The molecule has 1 aromatic heterocycles. The third kappa shape index (κ3) is 6.63. The van der Waals surface area contributed by atoms with Gasteiger partial charge in [-0.2, -0.15) is 0 Å². The van der Waals surface area contributed by atoms with E-state index < -0.39 is 37.3 Å². The number of nitrogens with one attached hydrogen (secondary N) is 1. The number of carboxylic acids is 1. The topological polar surface area (TPSA) is 130 Å². The third-order valence-corrected chi connectivity index (χ3v) is 5.34. The van der Waals surface area contributed by atoms with E-state index in [0.717, 1.165) is 23.7 Å². The van der Waals surface area contributed by atoms with Gasteiger partial charge in [0.1, 0.15) is 9.84 Å². The monoisotopic (exact) mass is 340 g/mol. The van der Waals surface area contributed by atoms with Gasteiger partial charge in [0.15, 0.2) is 5.13 Å². The van der Waals surface area contributed by atoms with Gasteiger partial charge in [-0.25, -0.2) is 26.6 Å². The summed E-state index contributed by atoms with van der Waals surface area (Å²) in [6, 6.07) is 0. The number of rotatable bonds is 7. The summed E-state index contributed by atoms with van der Waals surface area (Å²) in [6.45, 7) is 0. The number of anilines is 1. The summed E-state index contributed by atoms with van der Waals surface area (Å²) in [5.74, 6) is -2.18. The number of hydrogen-bond donors (Lipinski definition) is 2. The molecule has 0 amide bonds. The van der Waals surface area contributed by atoms with Crippen LogP contribution in [0.1, 0.15) is 4.88 Å². The Morgan fingerprint density at radius 2 is 2.05 bits per heavy atom. The zero-order valence-electron chi connectivity index (χ0n) is 10.3. The Morgan fingerprint density at radius 3 is 2.60 bits per heavy atom. The zero-order chi connectivity index (χ0) is 15.4. The Labute approximate surface area is 120 Å². The summed E-state index contributed by atoms with van der Waals surface area (Å²) in [5.41, 5.74) is 0. The van der Waals surface area contributed by atoms with Gasteiger partial charge < -0.3 is 5.11 Å². The van der Waals surface area contributed by atoms with Gasteiger partial charge in [-0.1, -0.05) is 11.3 Å². The van der Waals surface area contributed by atoms with E-state index in [1.165, 1.54) is 12.3 Å². The van der Waals surface area contributed by atoms with E-state index in [2.05, 4.69) is 9.71 Å². The van der Waals surface area contributed by atoms with Gasteiger partial charge in [0.2, 0.25) is 10.0 Å². The quantitative estimate of drug-likeness (QED) is 0.669. The first-order valence-electron chi connectivity index (χ1n) is 5.12. The predicted octanol–water partition coefficient (Wildman–Crippen LogP) is 0.0272. The van der Waals surface area contributed by atoms with E-state index in [4.69, 9.17) is 5.11 Å². The number of sulfone groups is 1. The van der Waals surface area contributed by atoms with E-state index in [1.807, 2.05) is 0 Å². The van der Waals surface area contributed by atoms with Gasteiger partial charge in [-0.3, -0.25) is 4.72 Å². The number of thiazole rings is 1. The van der Waals surface area contributed by atoms with Crippen molar-refractivity contribution in [1.82, 2.24) is 4.98 Å². The molecule has 20 heavy (non-hydrogen) atoms. The van der Waals surface area contributed by atoms with Crippen LogP contribution in [-0.2, 0) is 24.7 Å². The molecule has 1 heterocycles. The highest BCUT2D eigenvalue weighted by Crippen LogP contribution is 2.20.